The Kier molecular flexibility index (Phi) is 5.71. The zero-order chi connectivity index (χ0) is 17.0. The van der Waals surface area contributed by atoms with Crippen LogP contribution in [0.25, 0.3) is 0 Å². The third-order valence-electron chi connectivity index (χ3n) is 4.05. The number of likely N-dealkylation sites (tertiary alicyclic amines) is 1. The summed E-state index contributed by atoms with van der Waals surface area (Å²) in [7, 11) is 0. The molecule has 2 N–H and O–H groups in total. The highest BCUT2D eigenvalue weighted by molar-refractivity contribution is 5.97. The van der Waals surface area contributed by atoms with Crippen molar-refractivity contribution in [1.82, 2.24) is 10.2 Å². The van der Waals surface area contributed by atoms with Crippen molar-refractivity contribution in [2.75, 3.05) is 13.1 Å². The van der Waals surface area contributed by atoms with Crippen molar-refractivity contribution in [3.8, 4) is 0 Å². The number of aliphatic hydroxyl groups excluding tert-OH is 1. The number of hydrogen-bond acceptors (Lipinski definition) is 3. The Balaban J connectivity index is 2.11. The van der Waals surface area contributed by atoms with Gasteiger partial charge in [-0.25, -0.2) is 4.39 Å². The van der Waals surface area contributed by atoms with E-state index in [-0.39, 0.29) is 23.9 Å². The number of nitrogens with one attached hydrogen (secondary N) is 1. The highest BCUT2D eigenvalue weighted by Gasteiger charge is 2.31. The zero-order valence-corrected chi connectivity index (χ0v) is 13.5. The molecular formula is C17H23FN2O3. The first-order chi connectivity index (χ1) is 10.9. The number of amides is 2. The molecule has 0 spiro atoms. The van der Waals surface area contributed by atoms with E-state index in [4.69, 9.17) is 0 Å². The molecular weight excluding hydrogens is 299 g/mol. The van der Waals surface area contributed by atoms with Crippen LogP contribution < -0.4 is 5.32 Å². The highest BCUT2D eigenvalue weighted by atomic mass is 19.1. The Labute approximate surface area is 135 Å². The maximum absolute atomic E-state index is 13.7. The summed E-state index contributed by atoms with van der Waals surface area (Å²) in [6.07, 6.45) is 0.888. The van der Waals surface area contributed by atoms with E-state index in [0.717, 1.165) is 6.42 Å². The van der Waals surface area contributed by atoms with Gasteiger partial charge < -0.3 is 15.3 Å². The van der Waals surface area contributed by atoms with Crippen molar-refractivity contribution in [2.24, 2.45) is 5.92 Å². The predicted octanol–water partition coefficient (Wildman–Crippen LogP) is 1.56. The van der Waals surface area contributed by atoms with Gasteiger partial charge in [0.05, 0.1) is 11.7 Å². The van der Waals surface area contributed by atoms with Crippen molar-refractivity contribution < 1.29 is 19.1 Å². The van der Waals surface area contributed by atoms with E-state index in [2.05, 4.69) is 5.32 Å². The lowest BCUT2D eigenvalue weighted by molar-refractivity contribution is -0.137. The minimum Gasteiger partial charge on any atom is -0.391 e. The van der Waals surface area contributed by atoms with Crippen LogP contribution in [0.4, 0.5) is 4.39 Å². The SMILES string of the molecule is CC(C)C(NC(=O)c1ccccc1F)C(=O)N1CCCC(O)C1. The molecule has 1 aliphatic heterocycles. The summed E-state index contributed by atoms with van der Waals surface area (Å²) < 4.78 is 13.7. The van der Waals surface area contributed by atoms with Crippen LogP contribution in [0, 0.1) is 11.7 Å². The molecule has 2 unspecified atom stereocenters. The maximum Gasteiger partial charge on any atom is 0.254 e. The van der Waals surface area contributed by atoms with Gasteiger partial charge in [0.15, 0.2) is 0 Å². The average Bonchev–Trinajstić information content (AvgIpc) is 2.52. The molecule has 1 saturated heterocycles. The number of benzene rings is 1. The minimum absolute atomic E-state index is 0.0790. The number of β-amino-alcohol motifs (C(OH)–C–C–N with tert-alkyl or cyclic N) is 1. The molecule has 1 fully saturated rings. The Morgan fingerprint density at radius 1 is 1.35 bits per heavy atom. The van der Waals surface area contributed by atoms with Crippen molar-refractivity contribution in [2.45, 2.75) is 38.8 Å². The lowest BCUT2D eigenvalue weighted by Crippen LogP contribution is -2.54. The molecule has 0 saturated carbocycles. The molecule has 23 heavy (non-hydrogen) atoms. The number of rotatable bonds is 4. The fourth-order valence-corrected chi connectivity index (χ4v) is 2.73. The summed E-state index contributed by atoms with van der Waals surface area (Å²) in [6, 6.07) is 4.93. The van der Waals surface area contributed by atoms with E-state index in [1.165, 1.54) is 18.2 Å². The molecule has 2 amide bonds. The number of carbonyl (C=O) groups is 2. The predicted molar refractivity (Wildman–Crippen MR) is 84.3 cm³/mol. The molecule has 126 valence electrons. The first-order valence-electron chi connectivity index (χ1n) is 7.92. The van der Waals surface area contributed by atoms with E-state index in [0.29, 0.717) is 13.0 Å². The van der Waals surface area contributed by atoms with Gasteiger partial charge in [-0.1, -0.05) is 26.0 Å². The van der Waals surface area contributed by atoms with Crippen LogP contribution in [0.3, 0.4) is 0 Å². The number of piperidine rings is 1. The molecule has 2 rings (SSSR count). The van der Waals surface area contributed by atoms with Crippen molar-refractivity contribution in [3.63, 3.8) is 0 Å². The highest BCUT2D eigenvalue weighted by Crippen LogP contribution is 2.15. The monoisotopic (exact) mass is 322 g/mol. The van der Waals surface area contributed by atoms with Crippen molar-refractivity contribution in [3.05, 3.63) is 35.6 Å². The van der Waals surface area contributed by atoms with Gasteiger partial charge in [0.1, 0.15) is 11.9 Å². The zero-order valence-electron chi connectivity index (χ0n) is 13.5. The van der Waals surface area contributed by atoms with Crippen LogP contribution in [-0.2, 0) is 4.79 Å². The van der Waals surface area contributed by atoms with E-state index >= 15 is 0 Å². The van der Waals surface area contributed by atoms with Gasteiger partial charge in [0.25, 0.3) is 5.91 Å². The normalized spacial score (nSPS) is 19.5. The quantitative estimate of drug-likeness (QED) is 0.884. The van der Waals surface area contributed by atoms with Crippen molar-refractivity contribution >= 4 is 11.8 Å². The van der Waals surface area contributed by atoms with Gasteiger partial charge in [-0.05, 0) is 30.9 Å². The molecule has 0 aliphatic carbocycles. The van der Waals surface area contributed by atoms with E-state index < -0.39 is 23.9 Å². The van der Waals surface area contributed by atoms with E-state index in [9.17, 15) is 19.1 Å². The summed E-state index contributed by atoms with van der Waals surface area (Å²) in [6.45, 7) is 4.49. The van der Waals surface area contributed by atoms with Crippen molar-refractivity contribution in [1.29, 1.82) is 0 Å². The molecule has 6 heteroatoms. The summed E-state index contributed by atoms with van der Waals surface area (Å²) in [5.74, 6) is -1.60. The van der Waals surface area contributed by atoms with Crippen LogP contribution in [0.2, 0.25) is 0 Å². The minimum atomic E-state index is -0.743. The van der Waals surface area contributed by atoms with Crippen LogP contribution in [0.5, 0.6) is 0 Å². The van der Waals surface area contributed by atoms with Gasteiger partial charge in [-0.2, -0.15) is 0 Å². The standard InChI is InChI=1S/C17H23FN2O3/c1-11(2)15(17(23)20-9-5-6-12(21)10-20)19-16(22)13-7-3-4-8-14(13)18/h3-4,7-8,11-12,15,21H,5-6,9-10H2,1-2H3,(H,19,22). The van der Waals surface area contributed by atoms with Crippen LogP contribution in [0.1, 0.15) is 37.0 Å². The molecule has 0 bridgehead atoms. The summed E-state index contributed by atoms with van der Waals surface area (Å²) in [4.78, 5) is 26.5. The summed E-state index contributed by atoms with van der Waals surface area (Å²) >= 11 is 0. The van der Waals surface area contributed by atoms with E-state index in [1.807, 2.05) is 13.8 Å². The Morgan fingerprint density at radius 3 is 2.65 bits per heavy atom. The molecule has 1 heterocycles. The second-order valence-electron chi connectivity index (χ2n) is 6.26. The molecule has 1 aromatic carbocycles. The number of nitrogens with zero attached hydrogens (tertiary/aromatic N) is 1. The van der Waals surface area contributed by atoms with Crippen LogP contribution in [-0.4, -0.2) is 47.1 Å². The molecule has 2 atom stereocenters. The first kappa shape index (κ1) is 17.4. The summed E-state index contributed by atoms with van der Waals surface area (Å²) in [5.41, 5.74) is -0.0790. The fourth-order valence-electron chi connectivity index (χ4n) is 2.73. The topological polar surface area (TPSA) is 69.6 Å². The first-order valence-corrected chi connectivity index (χ1v) is 7.92. The molecule has 0 radical (unpaired) electrons. The Bertz CT molecular complexity index is 577. The third-order valence-corrected chi connectivity index (χ3v) is 4.05. The van der Waals surface area contributed by atoms with Gasteiger partial charge >= 0.3 is 0 Å². The Morgan fingerprint density at radius 2 is 2.04 bits per heavy atom. The molecule has 1 aromatic rings. The van der Waals surface area contributed by atoms with Crippen LogP contribution in [0.15, 0.2) is 24.3 Å². The van der Waals surface area contributed by atoms with Crippen LogP contribution >= 0.6 is 0 Å². The lowest BCUT2D eigenvalue weighted by atomic mass is 10.00. The maximum atomic E-state index is 13.7. The molecule has 0 aromatic heterocycles. The van der Waals surface area contributed by atoms with Gasteiger partial charge in [-0.15, -0.1) is 0 Å². The third kappa shape index (κ3) is 4.28. The van der Waals surface area contributed by atoms with Gasteiger partial charge in [0.2, 0.25) is 5.91 Å². The second kappa shape index (κ2) is 7.55. The van der Waals surface area contributed by atoms with E-state index in [1.54, 1.807) is 11.0 Å². The largest absolute Gasteiger partial charge is 0.391 e. The number of halogens is 1. The summed E-state index contributed by atoms with van der Waals surface area (Å²) in [5, 5.41) is 12.3. The number of hydrogen-bond donors (Lipinski definition) is 2. The number of aliphatic hydroxyl groups is 1. The Hall–Kier alpha value is -1.95. The van der Waals surface area contributed by atoms with Gasteiger partial charge in [-0.3, -0.25) is 9.59 Å². The molecule has 1 aliphatic rings. The smallest absolute Gasteiger partial charge is 0.254 e. The van der Waals surface area contributed by atoms with Gasteiger partial charge in [0, 0.05) is 13.1 Å². The second-order valence-corrected chi connectivity index (χ2v) is 6.26. The average molecular weight is 322 g/mol. The fraction of sp³-hybridized carbons (Fsp3) is 0.529. The lowest BCUT2D eigenvalue weighted by Gasteiger charge is -2.34. The number of carbonyl (C=O) groups excluding carboxylic acids is 2. The molecule has 5 nitrogen and oxygen atoms in total.